The van der Waals surface area contributed by atoms with Crippen LogP contribution in [0.15, 0.2) is 18.2 Å². The van der Waals surface area contributed by atoms with Gasteiger partial charge in [-0.25, -0.2) is 0 Å². The second kappa shape index (κ2) is 3.74. The van der Waals surface area contributed by atoms with Crippen LogP contribution in [0.25, 0.3) is 0 Å². The van der Waals surface area contributed by atoms with Crippen LogP contribution in [0.3, 0.4) is 0 Å². The third-order valence-corrected chi connectivity index (χ3v) is 3.02. The molecule has 0 atom stereocenters. The lowest BCUT2D eigenvalue weighted by atomic mass is 9.93. The third kappa shape index (κ3) is 1.67. The highest BCUT2D eigenvalue weighted by molar-refractivity contribution is 5.44. The number of hydrogen-bond acceptors (Lipinski definition) is 3. The van der Waals surface area contributed by atoms with Gasteiger partial charge in [0.05, 0.1) is 13.2 Å². The SMILES string of the molecule is c1cc2c(cc1C1CNC1)OCCCO2. The molecule has 80 valence electrons. The number of nitrogens with one attached hydrogen (secondary N) is 1. The van der Waals surface area contributed by atoms with E-state index >= 15 is 0 Å². The van der Waals surface area contributed by atoms with Crippen LogP contribution in [0.2, 0.25) is 0 Å². The van der Waals surface area contributed by atoms with Crippen LogP contribution in [0.4, 0.5) is 0 Å². The van der Waals surface area contributed by atoms with Crippen LogP contribution in [0.1, 0.15) is 17.9 Å². The maximum Gasteiger partial charge on any atom is 0.161 e. The van der Waals surface area contributed by atoms with Gasteiger partial charge in [-0.1, -0.05) is 6.07 Å². The Bertz CT molecular complexity index is 361. The predicted octanol–water partition coefficient (Wildman–Crippen LogP) is 1.53. The van der Waals surface area contributed by atoms with Crippen LogP contribution in [0, 0.1) is 0 Å². The molecule has 1 aromatic carbocycles. The van der Waals surface area contributed by atoms with E-state index in [1.54, 1.807) is 0 Å². The lowest BCUT2D eigenvalue weighted by molar-refractivity contribution is 0.297. The smallest absolute Gasteiger partial charge is 0.161 e. The molecule has 0 unspecified atom stereocenters. The number of fused-ring (bicyclic) bond motifs is 1. The van der Waals surface area contributed by atoms with Gasteiger partial charge < -0.3 is 14.8 Å². The Labute approximate surface area is 89.4 Å². The van der Waals surface area contributed by atoms with Gasteiger partial charge in [-0.3, -0.25) is 0 Å². The van der Waals surface area contributed by atoms with Crippen molar-refractivity contribution in [1.29, 1.82) is 0 Å². The second-order valence-electron chi connectivity index (χ2n) is 4.11. The molecule has 1 N–H and O–H groups in total. The Balaban J connectivity index is 1.89. The Hall–Kier alpha value is -1.22. The minimum Gasteiger partial charge on any atom is -0.490 e. The lowest BCUT2D eigenvalue weighted by Crippen LogP contribution is -2.39. The summed E-state index contributed by atoms with van der Waals surface area (Å²) in [5.74, 6) is 2.46. The minimum atomic E-state index is 0.655. The topological polar surface area (TPSA) is 30.5 Å². The quantitative estimate of drug-likeness (QED) is 0.754. The number of rotatable bonds is 1. The summed E-state index contributed by atoms with van der Waals surface area (Å²) in [7, 11) is 0. The van der Waals surface area contributed by atoms with Crippen molar-refractivity contribution in [3.8, 4) is 11.5 Å². The molecule has 2 aliphatic heterocycles. The molecule has 0 radical (unpaired) electrons. The van der Waals surface area contributed by atoms with E-state index in [0.717, 1.165) is 44.2 Å². The van der Waals surface area contributed by atoms with Crippen molar-refractivity contribution in [1.82, 2.24) is 5.32 Å². The van der Waals surface area contributed by atoms with Gasteiger partial charge in [-0.2, -0.15) is 0 Å². The minimum absolute atomic E-state index is 0.655. The summed E-state index contributed by atoms with van der Waals surface area (Å²) < 4.78 is 11.3. The van der Waals surface area contributed by atoms with Gasteiger partial charge in [0, 0.05) is 25.4 Å². The van der Waals surface area contributed by atoms with Crippen molar-refractivity contribution in [3.63, 3.8) is 0 Å². The molecule has 3 nitrogen and oxygen atoms in total. The highest BCUT2D eigenvalue weighted by Crippen LogP contribution is 2.33. The van der Waals surface area contributed by atoms with Gasteiger partial charge in [0.15, 0.2) is 11.5 Å². The fraction of sp³-hybridized carbons (Fsp3) is 0.500. The van der Waals surface area contributed by atoms with E-state index in [4.69, 9.17) is 9.47 Å². The van der Waals surface area contributed by atoms with Gasteiger partial charge >= 0.3 is 0 Å². The predicted molar refractivity (Wildman–Crippen MR) is 57.7 cm³/mol. The zero-order valence-corrected chi connectivity index (χ0v) is 8.66. The highest BCUT2D eigenvalue weighted by Gasteiger charge is 2.20. The molecule has 0 amide bonds. The van der Waals surface area contributed by atoms with Crippen molar-refractivity contribution in [2.75, 3.05) is 26.3 Å². The van der Waals surface area contributed by atoms with Crippen molar-refractivity contribution in [3.05, 3.63) is 23.8 Å². The van der Waals surface area contributed by atoms with Crippen molar-refractivity contribution >= 4 is 0 Å². The summed E-state index contributed by atoms with van der Waals surface area (Å²) in [6.07, 6.45) is 0.967. The molecular formula is C12H15NO2. The molecule has 1 saturated heterocycles. The zero-order valence-electron chi connectivity index (χ0n) is 8.66. The maximum absolute atomic E-state index is 5.66. The Morgan fingerprint density at radius 3 is 2.60 bits per heavy atom. The van der Waals surface area contributed by atoms with E-state index in [-0.39, 0.29) is 0 Å². The van der Waals surface area contributed by atoms with Gasteiger partial charge in [-0.15, -0.1) is 0 Å². The number of ether oxygens (including phenoxy) is 2. The molecule has 3 heteroatoms. The van der Waals surface area contributed by atoms with E-state index < -0.39 is 0 Å². The molecule has 3 rings (SSSR count). The van der Waals surface area contributed by atoms with Crippen molar-refractivity contribution in [2.45, 2.75) is 12.3 Å². The Morgan fingerprint density at radius 1 is 1.07 bits per heavy atom. The van der Waals surface area contributed by atoms with Crippen LogP contribution in [-0.2, 0) is 0 Å². The molecule has 2 heterocycles. The van der Waals surface area contributed by atoms with Gasteiger partial charge in [0.25, 0.3) is 0 Å². The third-order valence-electron chi connectivity index (χ3n) is 3.02. The fourth-order valence-corrected chi connectivity index (χ4v) is 1.96. The van der Waals surface area contributed by atoms with Crippen molar-refractivity contribution in [2.24, 2.45) is 0 Å². The second-order valence-corrected chi connectivity index (χ2v) is 4.11. The Morgan fingerprint density at radius 2 is 1.87 bits per heavy atom. The summed E-state index contributed by atoms with van der Waals surface area (Å²) in [5, 5.41) is 3.28. The summed E-state index contributed by atoms with van der Waals surface area (Å²) in [5.41, 5.74) is 1.36. The van der Waals surface area contributed by atoms with Gasteiger partial charge in [0.1, 0.15) is 0 Å². The van der Waals surface area contributed by atoms with Gasteiger partial charge in [-0.05, 0) is 17.7 Å². The maximum atomic E-state index is 5.66. The normalized spacial score (nSPS) is 20.5. The number of benzene rings is 1. The van der Waals surface area contributed by atoms with E-state index in [1.807, 2.05) is 6.07 Å². The summed E-state index contributed by atoms with van der Waals surface area (Å²) in [6.45, 7) is 3.69. The lowest BCUT2D eigenvalue weighted by Gasteiger charge is -2.27. The summed E-state index contributed by atoms with van der Waals surface area (Å²) >= 11 is 0. The van der Waals surface area contributed by atoms with E-state index in [9.17, 15) is 0 Å². The molecule has 0 aromatic heterocycles. The highest BCUT2D eigenvalue weighted by atomic mass is 16.5. The van der Waals surface area contributed by atoms with Gasteiger partial charge in [0.2, 0.25) is 0 Å². The Kier molecular flexibility index (Phi) is 2.25. The first-order chi connectivity index (χ1) is 7.43. The molecular weight excluding hydrogens is 190 g/mol. The number of hydrogen-bond donors (Lipinski definition) is 1. The molecule has 1 fully saturated rings. The molecule has 0 saturated carbocycles. The monoisotopic (exact) mass is 205 g/mol. The summed E-state index contributed by atoms with van der Waals surface area (Å²) in [4.78, 5) is 0. The van der Waals surface area contributed by atoms with Crippen LogP contribution < -0.4 is 14.8 Å². The first-order valence-electron chi connectivity index (χ1n) is 5.54. The molecule has 2 aliphatic rings. The average Bonchev–Trinajstić information content (AvgIpc) is 2.39. The molecule has 0 aliphatic carbocycles. The largest absolute Gasteiger partial charge is 0.490 e. The molecule has 0 spiro atoms. The fourth-order valence-electron chi connectivity index (χ4n) is 1.96. The van der Waals surface area contributed by atoms with Crippen LogP contribution in [-0.4, -0.2) is 26.3 Å². The van der Waals surface area contributed by atoms with Crippen LogP contribution in [0.5, 0.6) is 11.5 Å². The van der Waals surface area contributed by atoms with E-state index in [2.05, 4.69) is 17.4 Å². The van der Waals surface area contributed by atoms with E-state index in [0.29, 0.717) is 5.92 Å². The zero-order chi connectivity index (χ0) is 10.1. The van der Waals surface area contributed by atoms with E-state index in [1.165, 1.54) is 5.56 Å². The van der Waals surface area contributed by atoms with Crippen LogP contribution >= 0.6 is 0 Å². The molecule has 0 bridgehead atoms. The first kappa shape index (κ1) is 9.04. The van der Waals surface area contributed by atoms with Crippen molar-refractivity contribution < 1.29 is 9.47 Å². The standard InChI is InChI=1S/C12H15NO2/c1-4-14-11-3-2-9(10-7-13-8-10)6-12(11)15-5-1/h2-3,6,10,13H,1,4-5,7-8H2. The molecule has 15 heavy (non-hydrogen) atoms. The first-order valence-corrected chi connectivity index (χ1v) is 5.54. The summed E-state index contributed by atoms with van der Waals surface area (Å²) in [6, 6.07) is 6.32. The molecule has 1 aromatic rings. The average molecular weight is 205 g/mol.